The minimum atomic E-state index is -0.0422. The SMILES string of the molecule is COc1ccc2c(c1)-c1nc(-n3ncc(C(=O)NCC4CCCN(C)C4)c3C3CC3)ncc1CC2. The molecule has 3 heterocycles. The smallest absolute Gasteiger partial charge is 0.254 e. The fourth-order valence-corrected chi connectivity index (χ4v) is 5.52. The van der Waals surface area contributed by atoms with Gasteiger partial charge in [0.15, 0.2) is 0 Å². The monoisotopic (exact) mass is 472 g/mol. The number of hydrogen-bond acceptors (Lipinski definition) is 6. The van der Waals surface area contributed by atoms with Gasteiger partial charge in [-0.05, 0) is 81.3 Å². The first-order valence-electron chi connectivity index (χ1n) is 12.7. The standard InChI is InChI=1S/C27H32N6O2/c1-32-11-3-4-17(16-32)13-28-26(34)23-15-30-33(25(23)19-6-7-19)27-29-14-20-8-5-18-9-10-21(35-2)12-22(18)24(20)31-27/h9-10,12,14-15,17,19H,3-8,11,13,16H2,1-2H3,(H,28,34). The van der Waals surface area contributed by atoms with Crippen LogP contribution in [0.15, 0.2) is 30.6 Å². The number of amides is 1. The minimum Gasteiger partial charge on any atom is -0.497 e. The van der Waals surface area contributed by atoms with Gasteiger partial charge in [0.1, 0.15) is 5.75 Å². The van der Waals surface area contributed by atoms with Crippen molar-refractivity contribution in [2.75, 3.05) is 33.8 Å². The number of benzene rings is 1. The van der Waals surface area contributed by atoms with Gasteiger partial charge in [-0.15, -0.1) is 0 Å². The first-order chi connectivity index (χ1) is 17.1. The van der Waals surface area contributed by atoms with Crippen LogP contribution < -0.4 is 10.1 Å². The van der Waals surface area contributed by atoms with E-state index in [0.717, 1.165) is 73.5 Å². The maximum absolute atomic E-state index is 13.2. The number of likely N-dealkylation sites (tertiary alicyclic amines) is 1. The second kappa shape index (κ2) is 9.07. The van der Waals surface area contributed by atoms with E-state index < -0.39 is 0 Å². The molecule has 1 atom stereocenters. The Balaban J connectivity index is 1.30. The van der Waals surface area contributed by atoms with E-state index in [4.69, 9.17) is 9.72 Å². The number of rotatable bonds is 6. The van der Waals surface area contributed by atoms with Crippen molar-refractivity contribution in [2.24, 2.45) is 5.92 Å². The molecule has 8 heteroatoms. The number of methoxy groups -OCH3 is 1. The lowest BCUT2D eigenvalue weighted by Crippen LogP contribution is -2.39. The van der Waals surface area contributed by atoms with Crippen LogP contribution in [0.5, 0.6) is 5.75 Å². The van der Waals surface area contributed by atoms with Gasteiger partial charge in [0.25, 0.3) is 11.9 Å². The molecule has 6 rings (SSSR count). The maximum atomic E-state index is 13.2. The van der Waals surface area contributed by atoms with Crippen LogP contribution in [0.3, 0.4) is 0 Å². The van der Waals surface area contributed by atoms with Gasteiger partial charge < -0.3 is 15.0 Å². The van der Waals surface area contributed by atoms with Gasteiger partial charge in [0.2, 0.25) is 0 Å². The van der Waals surface area contributed by atoms with Crippen molar-refractivity contribution in [2.45, 2.75) is 44.4 Å². The van der Waals surface area contributed by atoms with Gasteiger partial charge >= 0.3 is 0 Å². The summed E-state index contributed by atoms with van der Waals surface area (Å²) in [5.41, 5.74) is 6.00. The molecule has 1 saturated carbocycles. The van der Waals surface area contributed by atoms with E-state index >= 15 is 0 Å². The molecule has 1 saturated heterocycles. The quantitative estimate of drug-likeness (QED) is 0.592. The van der Waals surface area contributed by atoms with Crippen LogP contribution in [-0.2, 0) is 12.8 Å². The zero-order chi connectivity index (χ0) is 23.9. The number of carbonyl (C=O) groups is 1. The summed E-state index contributed by atoms with van der Waals surface area (Å²) in [6.07, 6.45) is 9.95. The number of ether oxygens (including phenoxy) is 1. The molecule has 182 valence electrons. The number of nitrogens with zero attached hydrogens (tertiary/aromatic N) is 5. The summed E-state index contributed by atoms with van der Waals surface area (Å²) in [7, 11) is 3.83. The van der Waals surface area contributed by atoms with Gasteiger partial charge in [0.05, 0.1) is 30.3 Å². The summed E-state index contributed by atoms with van der Waals surface area (Å²) in [5.74, 6) is 2.12. The third-order valence-electron chi connectivity index (χ3n) is 7.57. The lowest BCUT2D eigenvalue weighted by Gasteiger charge is -2.29. The Labute approximate surface area is 205 Å². The highest BCUT2D eigenvalue weighted by atomic mass is 16.5. The first-order valence-corrected chi connectivity index (χ1v) is 12.7. The third kappa shape index (κ3) is 4.31. The number of piperidine rings is 1. The number of hydrogen-bond donors (Lipinski definition) is 1. The number of nitrogens with one attached hydrogen (secondary N) is 1. The molecule has 3 aromatic rings. The summed E-state index contributed by atoms with van der Waals surface area (Å²) < 4.78 is 7.25. The topological polar surface area (TPSA) is 85.2 Å². The normalized spacial score (nSPS) is 19.7. The Morgan fingerprint density at radius 2 is 2.03 bits per heavy atom. The van der Waals surface area contributed by atoms with Gasteiger partial charge in [-0.25, -0.2) is 14.6 Å². The zero-order valence-corrected chi connectivity index (χ0v) is 20.5. The number of fused-ring (bicyclic) bond motifs is 3. The molecule has 0 bridgehead atoms. The van der Waals surface area contributed by atoms with Gasteiger partial charge in [-0.3, -0.25) is 4.79 Å². The van der Waals surface area contributed by atoms with Crippen molar-refractivity contribution < 1.29 is 9.53 Å². The highest BCUT2D eigenvalue weighted by Gasteiger charge is 2.34. The largest absolute Gasteiger partial charge is 0.497 e. The summed E-state index contributed by atoms with van der Waals surface area (Å²) in [6, 6.07) is 6.17. The Morgan fingerprint density at radius 3 is 2.83 bits per heavy atom. The fourth-order valence-electron chi connectivity index (χ4n) is 5.52. The van der Waals surface area contributed by atoms with Gasteiger partial charge in [-0.2, -0.15) is 5.10 Å². The molecule has 1 N–H and O–H groups in total. The lowest BCUT2D eigenvalue weighted by molar-refractivity contribution is 0.0935. The summed E-state index contributed by atoms with van der Waals surface area (Å²) >= 11 is 0. The van der Waals surface area contributed by atoms with E-state index in [1.54, 1.807) is 18.0 Å². The minimum absolute atomic E-state index is 0.0422. The molecule has 3 aliphatic rings. The first kappa shape index (κ1) is 22.2. The Bertz CT molecular complexity index is 1260. The maximum Gasteiger partial charge on any atom is 0.254 e. The van der Waals surface area contributed by atoms with E-state index in [9.17, 15) is 4.79 Å². The molecule has 2 aliphatic carbocycles. The molecule has 0 spiro atoms. The highest BCUT2D eigenvalue weighted by Crippen LogP contribution is 2.42. The molecule has 2 aromatic heterocycles. The molecule has 35 heavy (non-hydrogen) atoms. The molecular formula is C27H32N6O2. The molecule has 8 nitrogen and oxygen atoms in total. The van der Waals surface area contributed by atoms with Crippen LogP contribution >= 0.6 is 0 Å². The predicted molar refractivity (Wildman–Crippen MR) is 133 cm³/mol. The number of carbonyl (C=O) groups excluding carboxylic acids is 1. The molecule has 1 amide bonds. The molecule has 2 fully saturated rings. The lowest BCUT2D eigenvalue weighted by atomic mass is 9.90. The zero-order valence-electron chi connectivity index (χ0n) is 20.5. The van der Waals surface area contributed by atoms with Crippen LogP contribution in [0.25, 0.3) is 17.2 Å². The average molecular weight is 473 g/mol. The van der Waals surface area contributed by atoms with Crippen LogP contribution in [0.1, 0.15) is 58.8 Å². The van der Waals surface area contributed by atoms with Crippen LogP contribution in [0.2, 0.25) is 0 Å². The van der Waals surface area contributed by atoms with E-state index in [-0.39, 0.29) is 5.91 Å². The molecule has 1 aromatic carbocycles. The number of aryl methyl sites for hydroxylation is 2. The Morgan fingerprint density at radius 1 is 1.17 bits per heavy atom. The third-order valence-corrected chi connectivity index (χ3v) is 7.57. The fraction of sp³-hybridized carbons (Fsp3) is 0.481. The van der Waals surface area contributed by atoms with Crippen molar-refractivity contribution in [1.29, 1.82) is 0 Å². The van der Waals surface area contributed by atoms with E-state index in [1.165, 1.54) is 12.0 Å². The predicted octanol–water partition coefficient (Wildman–Crippen LogP) is 3.39. The summed E-state index contributed by atoms with van der Waals surface area (Å²) in [4.78, 5) is 25.2. The van der Waals surface area contributed by atoms with Gasteiger partial charge in [0, 0.05) is 30.8 Å². The molecule has 0 radical (unpaired) electrons. The van der Waals surface area contributed by atoms with Crippen LogP contribution in [-0.4, -0.2) is 64.3 Å². The molecule has 1 unspecified atom stereocenters. The summed E-state index contributed by atoms with van der Waals surface area (Å²) in [6.45, 7) is 2.87. The van der Waals surface area contributed by atoms with Crippen molar-refractivity contribution in [1.82, 2.24) is 30.0 Å². The average Bonchev–Trinajstić information content (AvgIpc) is 3.64. The highest BCUT2D eigenvalue weighted by molar-refractivity contribution is 5.95. The van der Waals surface area contributed by atoms with E-state index in [0.29, 0.717) is 29.9 Å². The van der Waals surface area contributed by atoms with Crippen LogP contribution in [0.4, 0.5) is 0 Å². The van der Waals surface area contributed by atoms with Crippen molar-refractivity contribution in [3.63, 3.8) is 0 Å². The second-order valence-electron chi connectivity index (χ2n) is 10.2. The van der Waals surface area contributed by atoms with E-state index in [1.807, 2.05) is 12.3 Å². The Kier molecular flexibility index (Phi) is 5.76. The Hall–Kier alpha value is -3.26. The summed E-state index contributed by atoms with van der Waals surface area (Å²) in [5, 5.41) is 7.79. The van der Waals surface area contributed by atoms with Gasteiger partial charge in [-0.1, -0.05) is 6.07 Å². The van der Waals surface area contributed by atoms with Crippen LogP contribution in [0, 0.1) is 5.92 Å². The van der Waals surface area contributed by atoms with Crippen molar-refractivity contribution >= 4 is 5.91 Å². The van der Waals surface area contributed by atoms with Crippen molar-refractivity contribution in [3.8, 4) is 23.0 Å². The molecular weight excluding hydrogens is 440 g/mol. The molecule has 1 aliphatic heterocycles. The second-order valence-corrected chi connectivity index (χ2v) is 10.2. The van der Waals surface area contributed by atoms with Crippen molar-refractivity contribution in [3.05, 3.63) is 53.0 Å². The number of aromatic nitrogens is 4. The van der Waals surface area contributed by atoms with E-state index in [2.05, 4.69) is 39.5 Å².